The number of hydrogen-bond acceptors (Lipinski definition) is 6. The first-order valence-electron chi connectivity index (χ1n) is 16.2. The van der Waals surface area contributed by atoms with E-state index in [9.17, 15) is 0 Å². The van der Waals surface area contributed by atoms with Gasteiger partial charge in [0.2, 0.25) is 0 Å². The van der Waals surface area contributed by atoms with Crippen LogP contribution in [-0.4, -0.2) is 25.3 Å². The molecule has 4 aromatic heterocycles. The van der Waals surface area contributed by atoms with Crippen LogP contribution in [0.4, 0.5) is 0 Å². The van der Waals surface area contributed by atoms with Crippen LogP contribution in [0.2, 0.25) is 0 Å². The molecule has 0 saturated carbocycles. The van der Waals surface area contributed by atoms with Crippen molar-refractivity contribution < 1.29 is 4.63 Å². The smallest absolute Gasteiger partial charge is 0.144 e. The molecule has 10 aromatic rings. The Kier molecular flexibility index (Phi) is 6.08. The van der Waals surface area contributed by atoms with Gasteiger partial charge in [-0.05, 0) is 34.1 Å². The Morgan fingerprint density at radius 3 is 1.67 bits per heavy atom. The average molecular weight is 628 g/mol. The van der Waals surface area contributed by atoms with Gasteiger partial charge in [-0.25, -0.2) is 19.6 Å². The summed E-state index contributed by atoms with van der Waals surface area (Å²) in [6.07, 6.45) is 0. The van der Waals surface area contributed by atoms with Crippen molar-refractivity contribution in [3.05, 3.63) is 152 Å². The van der Waals surface area contributed by atoms with Crippen LogP contribution in [0.1, 0.15) is 0 Å². The molecule has 0 aliphatic carbocycles. The molecule has 0 spiro atoms. The van der Waals surface area contributed by atoms with E-state index in [0.29, 0.717) is 11.0 Å². The molecule has 6 nitrogen and oxygen atoms in total. The number of para-hydroxylation sites is 1. The Bertz CT molecular complexity index is 2870. The fourth-order valence-corrected chi connectivity index (χ4v) is 6.99. The van der Waals surface area contributed by atoms with Crippen LogP contribution in [0.25, 0.3) is 99.4 Å². The van der Waals surface area contributed by atoms with E-state index in [0.717, 1.165) is 88.4 Å². The van der Waals surface area contributed by atoms with Gasteiger partial charge in [-0.15, -0.1) is 0 Å². The molecular weight excluding hydrogens is 603 g/mol. The van der Waals surface area contributed by atoms with Gasteiger partial charge in [-0.2, -0.15) is 0 Å². The molecule has 0 amide bonds. The second-order valence-electron chi connectivity index (χ2n) is 12.2. The van der Waals surface area contributed by atoms with Gasteiger partial charge in [-0.3, -0.25) is 0 Å². The Hall–Kier alpha value is -6.79. The summed E-state index contributed by atoms with van der Waals surface area (Å²) in [5.74, 6) is 0. The number of nitrogens with zero attached hydrogens (tertiary/aromatic N) is 5. The van der Waals surface area contributed by atoms with Gasteiger partial charge in [0.15, 0.2) is 0 Å². The fourth-order valence-electron chi connectivity index (χ4n) is 6.99. The van der Waals surface area contributed by atoms with Crippen molar-refractivity contribution in [1.29, 1.82) is 0 Å². The van der Waals surface area contributed by atoms with Gasteiger partial charge in [0.1, 0.15) is 11.0 Å². The third kappa shape index (κ3) is 4.38. The molecule has 6 aromatic carbocycles. The lowest BCUT2D eigenvalue weighted by molar-refractivity contribution is 0.316. The van der Waals surface area contributed by atoms with Crippen LogP contribution >= 0.6 is 0 Å². The predicted octanol–water partition coefficient (Wildman–Crippen LogP) is 10.7. The summed E-state index contributed by atoms with van der Waals surface area (Å²) in [7, 11) is 0. The van der Waals surface area contributed by atoms with Crippen molar-refractivity contribution in [3.8, 4) is 44.9 Å². The number of rotatable bonds is 4. The Morgan fingerprint density at radius 1 is 0.367 bits per heavy atom. The molecule has 0 saturated heterocycles. The van der Waals surface area contributed by atoms with Crippen LogP contribution < -0.4 is 0 Å². The maximum atomic E-state index is 5.44. The van der Waals surface area contributed by atoms with E-state index >= 15 is 0 Å². The van der Waals surface area contributed by atoms with E-state index in [1.54, 1.807) is 0 Å². The normalized spacial score (nSPS) is 11.7. The van der Waals surface area contributed by atoms with Crippen LogP contribution in [0, 0.1) is 0 Å². The highest BCUT2D eigenvalue weighted by molar-refractivity contribution is 6.24. The largest absolute Gasteiger partial charge is 0.246 e. The number of hydrogen-bond donors (Lipinski definition) is 0. The summed E-state index contributed by atoms with van der Waals surface area (Å²) < 4.78 is 5.44. The molecule has 10 rings (SSSR count). The number of pyridine rings is 3. The van der Waals surface area contributed by atoms with Crippen LogP contribution in [0.5, 0.6) is 0 Å². The van der Waals surface area contributed by atoms with E-state index in [1.807, 2.05) is 54.6 Å². The van der Waals surface area contributed by atoms with Gasteiger partial charge < -0.3 is 0 Å². The summed E-state index contributed by atoms with van der Waals surface area (Å²) in [6, 6.07) is 51.8. The lowest BCUT2D eigenvalue weighted by Crippen LogP contribution is -1.96. The number of aromatic nitrogens is 5. The van der Waals surface area contributed by atoms with Crippen molar-refractivity contribution in [2.45, 2.75) is 0 Å². The molecule has 0 atom stereocenters. The second-order valence-corrected chi connectivity index (χ2v) is 12.2. The molecule has 49 heavy (non-hydrogen) atoms. The molecule has 0 aliphatic heterocycles. The van der Waals surface area contributed by atoms with Gasteiger partial charge in [-0.1, -0.05) is 133 Å². The van der Waals surface area contributed by atoms with Crippen molar-refractivity contribution in [2.24, 2.45) is 0 Å². The highest BCUT2D eigenvalue weighted by Crippen LogP contribution is 2.42. The first-order chi connectivity index (χ1) is 24.3. The summed E-state index contributed by atoms with van der Waals surface area (Å²) in [6.45, 7) is 0. The van der Waals surface area contributed by atoms with Crippen molar-refractivity contribution >= 4 is 54.5 Å². The minimum atomic E-state index is 0.702. The van der Waals surface area contributed by atoms with Gasteiger partial charge in [0.05, 0.1) is 33.6 Å². The number of fused-ring (bicyclic) bond motifs is 8. The minimum absolute atomic E-state index is 0.702. The molecule has 228 valence electrons. The minimum Gasteiger partial charge on any atom is -0.246 e. The molecule has 0 radical (unpaired) electrons. The molecule has 4 heterocycles. The molecule has 0 N–H and O–H groups in total. The third-order valence-corrected chi connectivity index (χ3v) is 9.32. The van der Waals surface area contributed by atoms with Crippen molar-refractivity contribution in [2.75, 3.05) is 0 Å². The zero-order chi connectivity index (χ0) is 32.3. The van der Waals surface area contributed by atoms with Crippen LogP contribution in [0.15, 0.2) is 156 Å². The molecular formula is C43H25N5O. The predicted molar refractivity (Wildman–Crippen MR) is 197 cm³/mol. The maximum Gasteiger partial charge on any atom is 0.144 e. The average Bonchev–Trinajstić information content (AvgIpc) is 3.68. The second kappa shape index (κ2) is 10.9. The lowest BCUT2D eigenvalue weighted by atomic mass is 9.93. The van der Waals surface area contributed by atoms with E-state index in [2.05, 4.69) is 107 Å². The molecule has 6 heteroatoms. The molecule has 0 unspecified atom stereocenters. The van der Waals surface area contributed by atoms with E-state index in [4.69, 9.17) is 19.6 Å². The molecule has 0 aliphatic rings. The van der Waals surface area contributed by atoms with Crippen molar-refractivity contribution in [1.82, 2.24) is 25.3 Å². The van der Waals surface area contributed by atoms with Crippen molar-refractivity contribution in [3.63, 3.8) is 0 Å². The lowest BCUT2D eigenvalue weighted by Gasteiger charge is -2.15. The first kappa shape index (κ1) is 27.3. The zero-order valence-corrected chi connectivity index (χ0v) is 26.1. The quantitative estimate of drug-likeness (QED) is 0.181. The monoisotopic (exact) mass is 627 g/mol. The summed E-state index contributed by atoms with van der Waals surface area (Å²) in [5, 5.41) is 13.8. The summed E-state index contributed by atoms with van der Waals surface area (Å²) in [4.78, 5) is 15.9. The van der Waals surface area contributed by atoms with Gasteiger partial charge >= 0.3 is 0 Å². The Labute approximate surface area is 280 Å². The zero-order valence-electron chi connectivity index (χ0n) is 26.1. The highest BCUT2D eigenvalue weighted by Gasteiger charge is 2.21. The SMILES string of the molecule is c1ccc(-c2ccc3ccc4ccc(-c5cccc6c5nc(-c5ccccc5)c5cc(-c7ccccc7)c7nonc7c56)nc4c3n2)cc1. The fraction of sp³-hybridized carbons (Fsp3) is 0. The Balaban J connectivity index is 1.27. The maximum absolute atomic E-state index is 5.44. The molecule has 0 bridgehead atoms. The Morgan fingerprint density at radius 2 is 0.959 bits per heavy atom. The number of benzene rings is 6. The van der Waals surface area contributed by atoms with Gasteiger partial charge in [0.25, 0.3) is 0 Å². The van der Waals surface area contributed by atoms with E-state index in [1.165, 1.54) is 0 Å². The highest BCUT2D eigenvalue weighted by atomic mass is 16.6. The summed E-state index contributed by atoms with van der Waals surface area (Å²) in [5.41, 5.74) is 11.5. The standard InChI is InChI=1S/C43H25N5O/c1-4-11-26(12-5-1)33-25-34-37(43-42(33)47-49-48-43)32-18-10-17-31(41(32)46-38(34)28-15-8-3-9-16-28)36-24-22-30-20-19-29-21-23-35(27-13-6-2-7-14-27)44-39(29)40(30)45-36/h1-25H. The van der Waals surface area contributed by atoms with E-state index < -0.39 is 0 Å². The topological polar surface area (TPSA) is 77.6 Å². The van der Waals surface area contributed by atoms with Crippen LogP contribution in [-0.2, 0) is 0 Å². The third-order valence-electron chi connectivity index (χ3n) is 9.32. The van der Waals surface area contributed by atoms with E-state index in [-0.39, 0.29) is 0 Å². The molecule has 0 fully saturated rings. The van der Waals surface area contributed by atoms with Gasteiger partial charge in [0, 0.05) is 49.2 Å². The summed E-state index contributed by atoms with van der Waals surface area (Å²) >= 11 is 0. The van der Waals surface area contributed by atoms with Crippen LogP contribution in [0.3, 0.4) is 0 Å². The first-order valence-corrected chi connectivity index (χ1v) is 16.2.